The first-order chi connectivity index (χ1) is 16.3. The Labute approximate surface area is 201 Å². The first kappa shape index (κ1) is 22.1. The summed E-state index contributed by atoms with van der Waals surface area (Å²) in [4.78, 5) is 10.2. The summed E-state index contributed by atoms with van der Waals surface area (Å²) in [7, 11) is 0. The largest absolute Gasteiger partial charge is 0.303 e. The van der Waals surface area contributed by atoms with Crippen LogP contribution < -0.4 is 0 Å². The number of nitrogens with zero attached hydrogens (tertiary/aromatic N) is 4. The van der Waals surface area contributed by atoms with Gasteiger partial charge in [-0.25, -0.2) is 4.98 Å². The van der Waals surface area contributed by atoms with E-state index in [1.165, 1.54) is 24.3 Å². The highest BCUT2D eigenvalue weighted by atomic mass is 35.5. The summed E-state index contributed by atoms with van der Waals surface area (Å²) in [6.07, 6.45) is 5.41. The highest BCUT2D eigenvalue weighted by molar-refractivity contribution is 6.30. The molecule has 5 heteroatoms. The van der Waals surface area contributed by atoms with Crippen molar-refractivity contribution in [3.8, 4) is 11.3 Å². The molecular weight excluding hydrogens is 428 g/mol. The zero-order valence-electron chi connectivity index (χ0n) is 19.0. The molecule has 1 fully saturated rings. The van der Waals surface area contributed by atoms with Crippen LogP contribution in [0.2, 0.25) is 5.02 Å². The minimum absolute atomic E-state index is 0.756. The van der Waals surface area contributed by atoms with Crippen LogP contribution in [0.15, 0.2) is 79.0 Å². The molecule has 4 aromatic rings. The third-order valence-electron chi connectivity index (χ3n) is 6.66. The van der Waals surface area contributed by atoms with E-state index in [-0.39, 0.29) is 0 Å². The van der Waals surface area contributed by atoms with Crippen molar-refractivity contribution in [1.82, 2.24) is 19.2 Å². The number of piperazine rings is 1. The first-order valence-corrected chi connectivity index (χ1v) is 12.3. The fraction of sp³-hybridized carbons (Fsp3) is 0.321. The van der Waals surface area contributed by atoms with Crippen LogP contribution in [0.25, 0.3) is 16.9 Å². The summed E-state index contributed by atoms with van der Waals surface area (Å²) in [5.74, 6) is 0. The Kier molecular flexibility index (Phi) is 7.06. The van der Waals surface area contributed by atoms with Crippen LogP contribution in [0.1, 0.15) is 17.7 Å². The molecule has 0 saturated carbocycles. The van der Waals surface area contributed by atoms with Gasteiger partial charge in [-0.05, 0) is 55.6 Å². The molecule has 0 aliphatic carbocycles. The Morgan fingerprint density at radius 3 is 2.18 bits per heavy atom. The molecule has 0 spiro atoms. The lowest BCUT2D eigenvalue weighted by Crippen LogP contribution is -2.47. The second-order valence-electron chi connectivity index (χ2n) is 8.87. The SMILES string of the molecule is Clc1ccc(-c2nc3ccccn3c2CCCN2CCN(CCc3ccccc3)CC2)cc1. The highest BCUT2D eigenvalue weighted by Crippen LogP contribution is 2.27. The number of aromatic nitrogens is 2. The number of imidazole rings is 1. The van der Waals surface area contributed by atoms with E-state index in [2.05, 4.69) is 81.1 Å². The molecular formula is C28H31ClN4. The van der Waals surface area contributed by atoms with E-state index in [0.29, 0.717) is 0 Å². The Bertz CT molecular complexity index is 1160. The number of fused-ring (bicyclic) bond motifs is 1. The maximum Gasteiger partial charge on any atom is 0.137 e. The molecule has 1 saturated heterocycles. The van der Waals surface area contributed by atoms with Crippen molar-refractivity contribution in [2.75, 3.05) is 39.3 Å². The van der Waals surface area contributed by atoms with Gasteiger partial charge >= 0.3 is 0 Å². The molecule has 2 aromatic carbocycles. The van der Waals surface area contributed by atoms with Gasteiger partial charge in [0.2, 0.25) is 0 Å². The molecule has 0 unspecified atom stereocenters. The molecule has 4 nitrogen and oxygen atoms in total. The van der Waals surface area contributed by atoms with Crippen molar-refractivity contribution in [3.05, 3.63) is 95.3 Å². The van der Waals surface area contributed by atoms with E-state index < -0.39 is 0 Å². The molecule has 0 radical (unpaired) electrons. The average molecular weight is 459 g/mol. The highest BCUT2D eigenvalue weighted by Gasteiger charge is 2.18. The van der Waals surface area contributed by atoms with E-state index in [1.807, 2.05) is 12.1 Å². The molecule has 3 heterocycles. The molecule has 0 N–H and O–H groups in total. The summed E-state index contributed by atoms with van der Waals surface area (Å²) < 4.78 is 2.24. The van der Waals surface area contributed by atoms with E-state index >= 15 is 0 Å². The third kappa shape index (κ3) is 5.47. The molecule has 5 rings (SSSR count). The van der Waals surface area contributed by atoms with Gasteiger partial charge in [0.1, 0.15) is 5.65 Å². The van der Waals surface area contributed by atoms with Crippen molar-refractivity contribution in [3.63, 3.8) is 0 Å². The second kappa shape index (κ2) is 10.5. The topological polar surface area (TPSA) is 23.8 Å². The fourth-order valence-corrected chi connectivity index (χ4v) is 4.89. The standard InChI is InChI=1S/C28H31ClN4/c29-25-13-11-24(12-14-25)28-26(33-17-5-4-10-27(33)30-28)9-6-16-31-19-21-32(22-20-31)18-15-23-7-2-1-3-8-23/h1-5,7-8,10-14,17H,6,9,15-16,18-22H2. The van der Waals surface area contributed by atoms with Crippen molar-refractivity contribution < 1.29 is 0 Å². The predicted octanol–water partition coefficient (Wildman–Crippen LogP) is 5.45. The molecule has 2 aromatic heterocycles. The zero-order chi connectivity index (χ0) is 22.5. The molecule has 1 aliphatic heterocycles. The summed E-state index contributed by atoms with van der Waals surface area (Å²) in [5, 5.41) is 0.756. The smallest absolute Gasteiger partial charge is 0.137 e. The Balaban J connectivity index is 1.16. The van der Waals surface area contributed by atoms with E-state index in [9.17, 15) is 0 Å². The maximum absolute atomic E-state index is 6.11. The van der Waals surface area contributed by atoms with E-state index in [0.717, 1.165) is 67.4 Å². The van der Waals surface area contributed by atoms with Crippen molar-refractivity contribution in [2.45, 2.75) is 19.3 Å². The number of hydrogen-bond donors (Lipinski definition) is 0. The monoisotopic (exact) mass is 458 g/mol. The van der Waals surface area contributed by atoms with E-state index in [1.54, 1.807) is 0 Å². The van der Waals surface area contributed by atoms with Gasteiger partial charge < -0.3 is 14.2 Å². The number of hydrogen-bond acceptors (Lipinski definition) is 3. The van der Waals surface area contributed by atoms with Gasteiger partial charge in [-0.15, -0.1) is 0 Å². The van der Waals surface area contributed by atoms with Gasteiger partial charge in [0, 0.05) is 49.5 Å². The van der Waals surface area contributed by atoms with Gasteiger partial charge in [-0.3, -0.25) is 0 Å². The molecule has 0 bridgehead atoms. The van der Waals surface area contributed by atoms with Gasteiger partial charge in [0.15, 0.2) is 0 Å². The normalized spacial score (nSPS) is 15.3. The summed E-state index contributed by atoms with van der Waals surface area (Å²) in [6, 6.07) is 25.1. The Hall–Kier alpha value is -2.66. The minimum atomic E-state index is 0.756. The minimum Gasteiger partial charge on any atom is -0.303 e. The third-order valence-corrected chi connectivity index (χ3v) is 6.91. The fourth-order valence-electron chi connectivity index (χ4n) is 4.76. The molecule has 0 atom stereocenters. The van der Waals surface area contributed by atoms with Crippen LogP contribution in [-0.2, 0) is 12.8 Å². The lowest BCUT2D eigenvalue weighted by atomic mass is 10.1. The van der Waals surface area contributed by atoms with Crippen LogP contribution in [0.3, 0.4) is 0 Å². The van der Waals surface area contributed by atoms with Gasteiger partial charge in [-0.1, -0.05) is 60.1 Å². The average Bonchev–Trinajstić information content (AvgIpc) is 3.23. The number of pyridine rings is 1. The summed E-state index contributed by atoms with van der Waals surface area (Å²) in [6.45, 7) is 6.94. The number of aryl methyl sites for hydroxylation is 1. The second-order valence-corrected chi connectivity index (χ2v) is 9.30. The Morgan fingerprint density at radius 2 is 1.42 bits per heavy atom. The van der Waals surface area contributed by atoms with Crippen LogP contribution in [0.5, 0.6) is 0 Å². The summed E-state index contributed by atoms with van der Waals surface area (Å²) in [5.41, 5.74) is 5.93. The first-order valence-electron chi connectivity index (χ1n) is 12.0. The van der Waals surface area contributed by atoms with Crippen LogP contribution in [-0.4, -0.2) is 58.5 Å². The quantitative estimate of drug-likeness (QED) is 0.351. The van der Waals surface area contributed by atoms with Crippen LogP contribution >= 0.6 is 11.6 Å². The molecule has 0 amide bonds. The molecule has 170 valence electrons. The molecule has 1 aliphatic rings. The van der Waals surface area contributed by atoms with Crippen molar-refractivity contribution >= 4 is 17.2 Å². The number of benzene rings is 2. The van der Waals surface area contributed by atoms with Crippen molar-refractivity contribution in [1.29, 1.82) is 0 Å². The Morgan fingerprint density at radius 1 is 0.727 bits per heavy atom. The predicted molar refractivity (Wildman–Crippen MR) is 137 cm³/mol. The number of rotatable bonds is 8. The maximum atomic E-state index is 6.11. The van der Waals surface area contributed by atoms with E-state index in [4.69, 9.17) is 16.6 Å². The lowest BCUT2D eigenvalue weighted by Gasteiger charge is -2.34. The van der Waals surface area contributed by atoms with Gasteiger partial charge in [0.05, 0.1) is 11.4 Å². The number of halogens is 1. The van der Waals surface area contributed by atoms with Crippen LogP contribution in [0.4, 0.5) is 0 Å². The molecule has 33 heavy (non-hydrogen) atoms. The van der Waals surface area contributed by atoms with Gasteiger partial charge in [0.25, 0.3) is 0 Å². The zero-order valence-corrected chi connectivity index (χ0v) is 19.8. The lowest BCUT2D eigenvalue weighted by molar-refractivity contribution is 0.132. The summed E-state index contributed by atoms with van der Waals surface area (Å²) >= 11 is 6.11. The van der Waals surface area contributed by atoms with Crippen LogP contribution in [0, 0.1) is 0 Å². The van der Waals surface area contributed by atoms with Crippen molar-refractivity contribution in [2.24, 2.45) is 0 Å². The van der Waals surface area contributed by atoms with Gasteiger partial charge in [-0.2, -0.15) is 0 Å².